The molecular weight excluding hydrogens is 665 g/mol. The summed E-state index contributed by atoms with van der Waals surface area (Å²) in [6.07, 6.45) is 3.79. The van der Waals surface area contributed by atoms with E-state index in [0.717, 1.165) is 25.7 Å². The second-order valence-electron chi connectivity index (χ2n) is 14.9. The van der Waals surface area contributed by atoms with Crippen LogP contribution in [0, 0.1) is 17.8 Å². The van der Waals surface area contributed by atoms with Crippen LogP contribution in [0.3, 0.4) is 0 Å². The molecule has 1 fully saturated rings. The van der Waals surface area contributed by atoms with E-state index in [1.165, 1.54) is 5.56 Å². The van der Waals surface area contributed by atoms with Crippen molar-refractivity contribution >= 4 is 35.4 Å². The maximum atomic E-state index is 14.0. The Kier molecular flexibility index (Phi) is 20.1. The Balaban J connectivity index is 2.06. The number of carbonyl (C=O) groups is 4. The van der Waals surface area contributed by atoms with Crippen LogP contribution in [0.2, 0.25) is 0 Å². The van der Waals surface area contributed by atoms with Crippen LogP contribution >= 0.6 is 11.8 Å². The molecule has 0 aliphatic carbocycles. The van der Waals surface area contributed by atoms with E-state index < -0.39 is 6.10 Å². The van der Waals surface area contributed by atoms with Gasteiger partial charge in [-0.1, -0.05) is 71.4 Å². The number of methoxy groups -OCH3 is 1. The van der Waals surface area contributed by atoms with Crippen molar-refractivity contribution in [3.63, 3.8) is 0 Å². The molecule has 0 radical (unpaired) electrons. The highest BCUT2D eigenvalue weighted by atomic mass is 32.2. The minimum Gasteiger partial charge on any atom is -0.379 e. The van der Waals surface area contributed by atoms with Crippen molar-refractivity contribution in [1.82, 2.24) is 25.3 Å². The summed E-state index contributed by atoms with van der Waals surface area (Å²) in [5, 5.41) is 5.85. The largest absolute Gasteiger partial charge is 0.379 e. The Bertz CT molecular complexity index is 1200. The van der Waals surface area contributed by atoms with E-state index in [4.69, 9.17) is 10.5 Å². The van der Waals surface area contributed by atoms with Crippen LogP contribution in [0.5, 0.6) is 0 Å². The fourth-order valence-electron chi connectivity index (χ4n) is 7.27. The summed E-state index contributed by atoms with van der Waals surface area (Å²) in [7, 11) is 7.21. The van der Waals surface area contributed by atoms with Crippen molar-refractivity contribution in [1.29, 1.82) is 0 Å². The molecule has 4 amide bonds. The van der Waals surface area contributed by atoms with Crippen LogP contribution in [-0.2, 0) is 30.3 Å². The van der Waals surface area contributed by atoms with Gasteiger partial charge in [-0.3, -0.25) is 24.1 Å². The molecule has 12 heteroatoms. The van der Waals surface area contributed by atoms with Gasteiger partial charge in [-0.05, 0) is 63.1 Å². The van der Waals surface area contributed by atoms with Gasteiger partial charge in [-0.15, -0.1) is 11.8 Å². The molecular formula is C39H68N6O5S. The number of amides is 4. The number of hydrogen-bond acceptors (Lipinski definition) is 8. The lowest BCUT2D eigenvalue weighted by Crippen LogP contribution is -2.52. The highest BCUT2D eigenvalue weighted by Gasteiger charge is 2.38. The van der Waals surface area contributed by atoms with Gasteiger partial charge in [0.15, 0.2) is 0 Å². The molecule has 0 aromatic heterocycles. The molecule has 7 atom stereocenters. The lowest BCUT2D eigenvalue weighted by Gasteiger charge is -2.39. The molecule has 4 N–H and O–H groups in total. The van der Waals surface area contributed by atoms with Crippen molar-refractivity contribution in [3.05, 3.63) is 35.9 Å². The van der Waals surface area contributed by atoms with Gasteiger partial charge in [0.1, 0.15) is 0 Å². The van der Waals surface area contributed by atoms with E-state index in [2.05, 4.69) is 36.6 Å². The topological polar surface area (TPSA) is 137 Å². The maximum Gasteiger partial charge on any atom is 0.237 e. The zero-order valence-electron chi connectivity index (χ0n) is 32.9. The fraction of sp³-hybridized carbons (Fsp3) is 0.744. The number of likely N-dealkylation sites (tertiary alicyclic amines) is 1. The molecule has 0 spiro atoms. The van der Waals surface area contributed by atoms with Crippen LogP contribution in [0.25, 0.3) is 0 Å². The van der Waals surface area contributed by atoms with Gasteiger partial charge < -0.3 is 30.9 Å². The second kappa shape index (κ2) is 23.1. The van der Waals surface area contributed by atoms with E-state index in [1.54, 1.807) is 30.8 Å². The van der Waals surface area contributed by atoms with Crippen molar-refractivity contribution in [2.75, 3.05) is 60.2 Å². The number of thioether (sulfide) groups is 1. The van der Waals surface area contributed by atoms with E-state index in [0.29, 0.717) is 38.4 Å². The van der Waals surface area contributed by atoms with Crippen LogP contribution in [0.4, 0.5) is 0 Å². The molecule has 290 valence electrons. The molecule has 1 saturated heterocycles. The van der Waals surface area contributed by atoms with E-state index in [9.17, 15) is 19.2 Å². The molecule has 51 heavy (non-hydrogen) atoms. The molecule has 1 aromatic carbocycles. The normalized spacial score (nSPS) is 18.2. The first kappa shape index (κ1) is 44.5. The summed E-state index contributed by atoms with van der Waals surface area (Å²) in [6.45, 7) is 12.3. The molecule has 1 aliphatic heterocycles. The fourth-order valence-corrected chi connectivity index (χ4v) is 8.28. The van der Waals surface area contributed by atoms with E-state index in [1.807, 2.05) is 62.9 Å². The summed E-state index contributed by atoms with van der Waals surface area (Å²) < 4.78 is 6.00. The average Bonchev–Trinajstić information content (AvgIpc) is 3.57. The second-order valence-corrected chi connectivity index (χ2v) is 16.2. The zero-order valence-corrected chi connectivity index (χ0v) is 33.7. The number of nitrogens with two attached hydrogens (primary N) is 1. The zero-order chi connectivity index (χ0) is 38.1. The summed E-state index contributed by atoms with van der Waals surface area (Å²) >= 11 is 1.56. The SMILES string of the molecule is CCC(C)C(C(CC(=O)N1CCCC1CC(SCCN)C(=O)NCCc1ccccc1)OC)N(C)C(=O)CC(C)CNC(=O)C(C(C)C)N(C)C. The van der Waals surface area contributed by atoms with Gasteiger partial charge >= 0.3 is 0 Å². The first-order valence-corrected chi connectivity index (χ1v) is 20.0. The van der Waals surface area contributed by atoms with Gasteiger partial charge in [0, 0.05) is 58.6 Å². The molecule has 0 saturated carbocycles. The monoisotopic (exact) mass is 732 g/mol. The smallest absolute Gasteiger partial charge is 0.237 e. The Morgan fingerprint density at radius 1 is 1.02 bits per heavy atom. The van der Waals surface area contributed by atoms with Crippen LogP contribution in [0.15, 0.2) is 30.3 Å². The Labute approximate surface area is 312 Å². The van der Waals surface area contributed by atoms with Gasteiger partial charge in [0.2, 0.25) is 23.6 Å². The molecule has 7 unspecified atom stereocenters. The number of ether oxygens (including phenoxy) is 1. The maximum absolute atomic E-state index is 14.0. The summed E-state index contributed by atoms with van der Waals surface area (Å²) in [4.78, 5) is 59.4. The number of likely N-dealkylation sites (N-methyl/N-ethyl adjacent to an activating group) is 2. The van der Waals surface area contributed by atoms with Crippen LogP contribution < -0.4 is 16.4 Å². The Morgan fingerprint density at radius 3 is 2.29 bits per heavy atom. The molecule has 11 nitrogen and oxygen atoms in total. The summed E-state index contributed by atoms with van der Waals surface area (Å²) in [5.41, 5.74) is 7.00. The third-order valence-corrected chi connectivity index (χ3v) is 11.5. The molecule has 2 rings (SSSR count). The molecule has 0 bridgehead atoms. The van der Waals surface area contributed by atoms with Crippen molar-refractivity contribution in [3.8, 4) is 0 Å². The number of nitrogens with one attached hydrogen (secondary N) is 2. The minimum absolute atomic E-state index is 0.0118. The standard InChI is InChI=1S/C39H68N6O5S/c1-10-29(5)37(44(8)34(46)23-28(4)26-42-39(49)36(27(2)3)43(6)7)32(50-9)25-35(47)45-21-14-17-31(45)24-33(51-22-19-40)38(48)41-20-18-30-15-12-11-13-16-30/h11-13,15-16,27-29,31-33,36-37H,10,14,17-26,40H2,1-9H3,(H,41,48)(H,42,49). The molecule has 1 aliphatic rings. The van der Waals surface area contributed by atoms with E-state index in [-0.39, 0.29) is 77.6 Å². The molecule has 1 heterocycles. The molecule has 1 aromatic rings. The quantitative estimate of drug-likeness (QED) is 0.155. The van der Waals surface area contributed by atoms with Gasteiger partial charge in [0.05, 0.1) is 29.9 Å². The number of carbonyl (C=O) groups excluding carboxylic acids is 4. The van der Waals surface area contributed by atoms with Crippen LogP contribution in [0.1, 0.15) is 78.7 Å². The highest BCUT2D eigenvalue weighted by Crippen LogP contribution is 2.29. The minimum atomic E-state index is -0.492. The number of benzene rings is 1. The third-order valence-electron chi connectivity index (χ3n) is 10.2. The Hall–Kier alpha value is -2.67. The number of nitrogens with zero attached hydrogens (tertiary/aromatic N) is 3. The predicted octanol–water partition coefficient (Wildman–Crippen LogP) is 3.79. The predicted molar refractivity (Wildman–Crippen MR) is 208 cm³/mol. The summed E-state index contributed by atoms with van der Waals surface area (Å²) in [5.74, 6) is 0.751. The van der Waals surface area contributed by atoms with E-state index >= 15 is 0 Å². The van der Waals surface area contributed by atoms with Crippen molar-refractivity contribution < 1.29 is 23.9 Å². The van der Waals surface area contributed by atoms with Gasteiger partial charge in [0.25, 0.3) is 0 Å². The number of hydrogen-bond donors (Lipinski definition) is 3. The average molecular weight is 733 g/mol. The van der Waals surface area contributed by atoms with Crippen LogP contribution in [-0.4, -0.2) is 128 Å². The summed E-state index contributed by atoms with van der Waals surface area (Å²) in [6, 6.07) is 9.49. The van der Waals surface area contributed by atoms with Gasteiger partial charge in [-0.25, -0.2) is 0 Å². The highest BCUT2D eigenvalue weighted by molar-refractivity contribution is 8.00. The lowest BCUT2D eigenvalue weighted by atomic mass is 9.90. The first-order valence-electron chi connectivity index (χ1n) is 18.9. The lowest BCUT2D eigenvalue weighted by molar-refractivity contribution is -0.143. The van der Waals surface area contributed by atoms with Crippen molar-refractivity contribution in [2.24, 2.45) is 23.5 Å². The van der Waals surface area contributed by atoms with Gasteiger partial charge in [-0.2, -0.15) is 0 Å². The Morgan fingerprint density at radius 2 is 1.71 bits per heavy atom. The number of rotatable bonds is 23. The van der Waals surface area contributed by atoms with Crippen molar-refractivity contribution in [2.45, 2.75) is 109 Å². The third kappa shape index (κ3) is 14.3. The first-order chi connectivity index (χ1) is 24.2.